The van der Waals surface area contributed by atoms with Crippen LogP contribution in [0.1, 0.15) is 33.5 Å². The van der Waals surface area contributed by atoms with E-state index in [1.807, 2.05) is 0 Å². The molecule has 5 heteroatoms. The van der Waals surface area contributed by atoms with Crippen molar-refractivity contribution in [2.24, 2.45) is 5.73 Å². The molecule has 0 saturated carbocycles. The van der Waals surface area contributed by atoms with Gasteiger partial charge in [-0.3, -0.25) is 10.1 Å². The molecular weight excluding hydrogens is 336 g/mol. The largest absolute Gasteiger partial charge is 0.390 e. The number of carbonyl (C=O) groups excluding carboxylic acids is 1. The third-order valence-electron chi connectivity index (χ3n) is 4.76. The molecule has 4 N–H and O–H groups in total. The highest BCUT2D eigenvalue weighted by Gasteiger charge is 2.24. The highest BCUT2D eigenvalue weighted by molar-refractivity contribution is 6.20. The van der Waals surface area contributed by atoms with E-state index in [2.05, 4.69) is 29.6 Å². The molecule has 0 fully saturated rings. The van der Waals surface area contributed by atoms with Crippen LogP contribution in [0.25, 0.3) is 0 Å². The smallest absolute Gasteiger partial charge is 0.248 e. The standard InChI is InChI=1S/C20H23ClN2O2/c21-19(18(24)11-13-5-7-15(8-6-13)20(22)25)23-17-10-9-14-3-1-2-4-16(14)12-17/h1-8,17-19,23-24H,9-12H2,(H2,22,25). The third kappa shape index (κ3) is 4.60. The van der Waals surface area contributed by atoms with Crippen molar-refractivity contribution in [3.63, 3.8) is 0 Å². The Morgan fingerprint density at radius 1 is 1.20 bits per heavy atom. The molecule has 1 amide bonds. The van der Waals surface area contributed by atoms with Crippen LogP contribution in [0.15, 0.2) is 48.5 Å². The number of halogens is 1. The summed E-state index contributed by atoms with van der Waals surface area (Å²) >= 11 is 6.39. The second kappa shape index (κ2) is 8.00. The quantitative estimate of drug-likeness (QED) is 0.548. The minimum absolute atomic E-state index is 0.268. The van der Waals surface area contributed by atoms with Gasteiger partial charge in [0, 0.05) is 18.0 Å². The second-order valence-electron chi connectivity index (χ2n) is 6.61. The van der Waals surface area contributed by atoms with E-state index in [0.717, 1.165) is 24.8 Å². The normalized spacial score (nSPS) is 19.0. The Hall–Kier alpha value is -1.88. The number of aliphatic hydroxyl groups excluding tert-OH is 1. The lowest BCUT2D eigenvalue weighted by Gasteiger charge is -2.29. The number of carbonyl (C=O) groups is 1. The molecule has 2 aromatic rings. The van der Waals surface area contributed by atoms with E-state index in [-0.39, 0.29) is 6.04 Å². The first-order valence-electron chi connectivity index (χ1n) is 8.56. The van der Waals surface area contributed by atoms with Crippen LogP contribution in [-0.4, -0.2) is 28.7 Å². The molecular formula is C20H23ClN2O2. The monoisotopic (exact) mass is 358 g/mol. The average Bonchev–Trinajstić information content (AvgIpc) is 2.62. The summed E-state index contributed by atoms with van der Waals surface area (Å²) in [6.45, 7) is 0. The van der Waals surface area contributed by atoms with E-state index in [1.54, 1.807) is 24.3 Å². The first-order chi connectivity index (χ1) is 12.0. The molecule has 0 aliphatic heterocycles. The highest BCUT2D eigenvalue weighted by Crippen LogP contribution is 2.22. The van der Waals surface area contributed by atoms with Crippen molar-refractivity contribution < 1.29 is 9.90 Å². The minimum Gasteiger partial charge on any atom is -0.390 e. The van der Waals surface area contributed by atoms with Crippen LogP contribution in [0.4, 0.5) is 0 Å². The molecule has 25 heavy (non-hydrogen) atoms. The van der Waals surface area contributed by atoms with Crippen molar-refractivity contribution in [2.45, 2.75) is 43.3 Å². The van der Waals surface area contributed by atoms with Gasteiger partial charge in [0.2, 0.25) is 5.91 Å². The zero-order valence-corrected chi connectivity index (χ0v) is 14.7. The first-order valence-corrected chi connectivity index (χ1v) is 9.00. The van der Waals surface area contributed by atoms with Gasteiger partial charge in [0.25, 0.3) is 0 Å². The molecule has 132 valence electrons. The van der Waals surface area contributed by atoms with Gasteiger partial charge >= 0.3 is 0 Å². The van der Waals surface area contributed by atoms with Crippen LogP contribution in [-0.2, 0) is 19.3 Å². The molecule has 4 nitrogen and oxygen atoms in total. The molecule has 0 heterocycles. The molecule has 0 spiro atoms. The van der Waals surface area contributed by atoms with E-state index in [0.29, 0.717) is 12.0 Å². The summed E-state index contributed by atoms with van der Waals surface area (Å²) in [5.41, 5.74) is 8.84. The van der Waals surface area contributed by atoms with Crippen LogP contribution in [0.3, 0.4) is 0 Å². The van der Waals surface area contributed by atoms with E-state index in [9.17, 15) is 9.90 Å². The summed E-state index contributed by atoms with van der Waals surface area (Å²) in [6, 6.07) is 15.7. The van der Waals surface area contributed by atoms with Gasteiger partial charge < -0.3 is 10.8 Å². The van der Waals surface area contributed by atoms with E-state index >= 15 is 0 Å². The maximum absolute atomic E-state index is 11.1. The van der Waals surface area contributed by atoms with E-state index in [1.165, 1.54) is 11.1 Å². The summed E-state index contributed by atoms with van der Waals surface area (Å²) in [6.07, 6.45) is 2.68. The summed E-state index contributed by atoms with van der Waals surface area (Å²) in [4.78, 5) is 11.1. The van der Waals surface area contributed by atoms with Gasteiger partial charge in [0.1, 0.15) is 5.50 Å². The molecule has 0 saturated heterocycles. The zero-order valence-electron chi connectivity index (χ0n) is 14.0. The van der Waals surface area contributed by atoms with Gasteiger partial charge in [-0.25, -0.2) is 0 Å². The molecule has 0 radical (unpaired) electrons. The zero-order chi connectivity index (χ0) is 17.8. The number of rotatable bonds is 6. The number of aryl methyl sites for hydroxylation is 1. The lowest BCUT2D eigenvalue weighted by Crippen LogP contribution is -2.45. The number of nitrogens with one attached hydrogen (secondary N) is 1. The molecule has 2 aromatic carbocycles. The van der Waals surface area contributed by atoms with Crippen LogP contribution in [0, 0.1) is 0 Å². The van der Waals surface area contributed by atoms with Crippen molar-refractivity contribution in [2.75, 3.05) is 0 Å². The summed E-state index contributed by atoms with van der Waals surface area (Å²) < 4.78 is 0. The fraction of sp³-hybridized carbons (Fsp3) is 0.350. The Balaban J connectivity index is 1.54. The fourth-order valence-corrected chi connectivity index (χ4v) is 3.59. The van der Waals surface area contributed by atoms with Crippen molar-refractivity contribution in [3.05, 3.63) is 70.8 Å². The number of aliphatic hydroxyl groups is 1. The fourth-order valence-electron chi connectivity index (χ4n) is 3.33. The van der Waals surface area contributed by atoms with Gasteiger partial charge in [-0.05, 0) is 48.1 Å². The van der Waals surface area contributed by atoms with Crippen molar-refractivity contribution >= 4 is 17.5 Å². The second-order valence-corrected chi connectivity index (χ2v) is 7.08. The summed E-state index contributed by atoms with van der Waals surface area (Å²) in [5.74, 6) is -0.457. The molecule has 3 unspecified atom stereocenters. The predicted molar refractivity (Wildman–Crippen MR) is 99.7 cm³/mol. The summed E-state index contributed by atoms with van der Waals surface area (Å²) in [7, 11) is 0. The Bertz CT molecular complexity index is 733. The summed E-state index contributed by atoms with van der Waals surface area (Å²) in [5, 5.41) is 13.7. The predicted octanol–water partition coefficient (Wildman–Crippen LogP) is 2.40. The van der Waals surface area contributed by atoms with E-state index < -0.39 is 17.5 Å². The van der Waals surface area contributed by atoms with Gasteiger partial charge in [0.15, 0.2) is 0 Å². The topological polar surface area (TPSA) is 75.4 Å². The first kappa shape index (κ1) is 17.9. The molecule has 1 aliphatic carbocycles. The van der Waals surface area contributed by atoms with Gasteiger partial charge in [0.05, 0.1) is 6.10 Å². The Kier molecular flexibility index (Phi) is 5.74. The Morgan fingerprint density at radius 2 is 1.88 bits per heavy atom. The van der Waals surface area contributed by atoms with Crippen LogP contribution >= 0.6 is 11.6 Å². The molecule has 0 bridgehead atoms. The van der Waals surface area contributed by atoms with Crippen LogP contribution in [0.5, 0.6) is 0 Å². The SMILES string of the molecule is NC(=O)c1ccc(CC(O)C(Cl)NC2CCc3ccccc3C2)cc1. The maximum Gasteiger partial charge on any atom is 0.248 e. The number of fused-ring (bicyclic) bond motifs is 1. The molecule has 1 aliphatic rings. The van der Waals surface area contributed by atoms with Gasteiger partial charge in [-0.2, -0.15) is 0 Å². The van der Waals surface area contributed by atoms with Crippen LogP contribution in [0.2, 0.25) is 0 Å². The Morgan fingerprint density at radius 3 is 2.56 bits per heavy atom. The number of hydrogen-bond donors (Lipinski definition) is 3. The third-order valence-corrected chi connectivity index (χ3v) is 5.18. The number of nitrogens with two attached hydrogens (primary N) is 1. The Labute approximate surface area is 153 Å². The number of primary amides is 1. The molecule has 3 atom stereocenters. The van der Waals surface area contributed by atoms with Crippen molar-refractivity contribution in [1.29, 1.82) is 0 Å². The maximum atomic E-state index is 11.1. The molecule has 0 aromatic heterocycles. The lowest BCUT2D eigenvalue weighted by molar-refractivity contribution is 0.100. The van der Waals surface area contributed by atoms with Crippen LogP contribution < -0.4 is 11.1 Å². The molecule has 3 rings (SSSR count). The highest BCUT2D eigenvalue weighted by atomic mass is 35.5. The number of alkyl halides is 1. The average molecular weight is 359 g/mol. The minimum atomic E-state index is -0.710. The van der Waals surface area contributed by atoms with Crippen molar-refractivity contribution in [3.8, 4) is 0 Å². The van der Waals surface area contributed by atoms with Gasteiger partial charge in [-0.1, -0.05) is 36.4 Å². The van der Waals surface area contributed by atoms with E-state index in [4.69, 9.17) is 17.3 Å². The number of benzene rings is 2. The van der Waals surface area contributed by atoms with Crippen molar-refractivity contribution in [1.82, 2.24) is 5.32 Å². The number of amides is 1. The lowest BCUT2D eigenvalue weighted by atomic mass is 9.88. The van der Waals surface area contributed by atoms with Gasteiger partial charge in [-0.15, -0.1) is 11.6 Å². The number of hydrogen-bond acceptors (Lipinski definition) is 3.